The van der Waals surface area contributed by atoms with Gasteiger partial charge in [-0.2, -0.15) is 0 Å². The summed E-state index contributed by atoms with van der Waals surface area (Å²) in [4.78, 5) is 0. The third kappa shape index (κ3) is 4.56. The van der Waals surface area contributed by atoms with E-state index in [2.05, 4.69) is 31.3 Å². The minimum Gasteiger partial charge on any atom is -0.372 e. The molecule has 2 aromatic carbocycles. The number of benzene rings is 2. The quantitative estimate of drug-likeness (QED) is 0.829. The predicted octanol–water partition coefficient (Wildman–Crippen LogP) is 4.89. The number of halogens is 2. The van der Waals surface area contributed by atoms with Crippen LogP contribution in [0.2, 0.25) is 0 Å². The van der Waals surface area contributed by atoms with E-state index < -0.39 is 0 Å². The van der Waals surface area contributed by atoms with Crippen LogP contribution in [-0.2, 0) is 11.3 Å². The third-order valence-corrected chi connectivity index (χ3v) is 4.54. The Morgan fingerprint density at radius 2 is 1.88 bits per heavy atom. The molecular formula is C20H25ClFNO. The maximum Gasteiger partial charge on any atom is 0.123 e. The lowest BCUT2D eigenvalue weighted by Gasteiger charge is -2.23. The average Bonchev–Trinajstić information content (AvgIpc) is 2.98. The molecule has 130 valence electrons. The number of hydrogen-bond donors (Lipinski definition) is 1. The van der Waals surface area contributed by atoms with Gasteiger partial charge in [0.1, 0.15) is 5.82 Å². The van der Waals surface area contributed by atoms with Gasteiger partial charge < -0.3 is 10.1 Å². The van der Waals surface area contributed by atoms with Crippen LogP contribution in [0.15, 0.2) is 54.6 Å². The summed E-state index contributed by atoms with van der Waals surface area (Å²) >= 11 is 0. The molecule has 0 aliphatic carbocycles. The highest BCUT2D eigenvalue weighted by atomic mass is 35.5. The van der Waals surface area contributed by atoms with E-state index >= 15 is 0 Å². The normalized spacial score (nSPS) is 23.2. The summed E-state index contributed by atoms with van der Waals surface area (Å²) in [5, 5.41) is 3.63. The molecule has 4 heteroatoms. The molecular weight excluding hydrogens is 325 g/mol. The van der Waals surface area contributed by atoms with Gasteiger partial charge in [-0.3, -0.25) is 0 Å². The van der Waals surface area contributed by atoms with Crippen molar-refractivity contribution in [3.05, 3.63) is 71.5 Å². The van der Waals surface area contributed by atoms with E-state index in [0.29, 0.717) is 12.5 Å². The Balaban J connectivity index is 0.00000208. The first kappa shape index (κ1) is 18.9. The van der Waals surface area contributed by atoms with Crippen molar-refractivity contribution in [2.75, 3.05) is 0 Å². The van der Waals surface area contributed by atoms with Crippen molar-refractivity contribution in [3.8, 4) is 0 Å². The van der Waals surface area contributed by atoms with Gasteiger partial charge in [-0.25, -0.2) is 4.39 Å². The summed E-state index contributed by atoms with van der Waals surface area (Å²) in [5.74, 6) is 0.286. The van der Waals surface area contributed by atoms with Gasteiger partial charge in [-0.15, -0.1) is 12.4 Å². The second kappa shape index (κ2) is 8.61. The number of rotatable bonds is 5. The highest BCUT2D eigenvalue weighted by Gasteiger charge is 2.36. The maximum atomic E-state index is 13.5. The van der Waals surface area contributed by atoms with Crippen LogP contribution in [0.1, 0.15) is 37.4 Å². The number of ether oxygens (including phenoxy) is 1. The summed E-state index contributed by atoms with van der Waals surface area (Å²) < 4.78 is 19.7. The summed E-state index contributed by atoms with van der Waals surface area (Å²) in [6.45, 7) is 5.02. The first-order valence-electron chi connectivity index (χ1n) is 8.30. The largest absolute Gasteiger partial charge is 0.372 e. The monoisotopic (exact) mass is 349 g/mol. The van der Waals surface area contributed by atoms with E-state index in [-0.39, 0.29) is 36.4 Å². The lowest BCUT2D eigenvalue weighted by molar-refractivity contribution is 0.0226. The van der Waals surface area contributed by atoms with Crippen LogP contribution in [0, 0.1) is 11.7 Å². The molecule has 1 aliphatic heterocycles. The Hall–Kier alpha value is -1.42. The van der Waals surface area contributed by atoms with E-state index in [1.54, 1.807) is 12.1 Å². The average molecular weight is 350 g/mol. The molecule has 0 saturated carbocycles. The molecule has 1 N–H and O–H groups in total. The van der Waals surface area contributed by atoms with Crippen molar-refractivity contribution in [3.63, 3.8) is 0 Å². The second-order valence-electron chi connectivity index (χ2n) is 6.61. The number of hydrogen-bond acceptors (Lipinski definition) is 2. The molecule has 1 heterocycles. The fourth-order valence-electron chi connectivity index (χ4n) is 3.31. The van der Waals surface area contributed by atoms with Gasteiger partial charge in [0.2, 0.25) is 0 Å². The zero-order chi connectivity index (χ0) is 16.2. The SMILES string of the molecule is CC(C)[C@@H]1N[C@H](c2cccc(F)c2)C[C@@H]1OCc1ccccc1.Cl. The molecule has 3 rings (SSSR count). The standard InChI is InChI=1S/C20H24FNO.ClH/c1-14(2)20-19(23-13-15-7-4-3-5-8-15)12-18(22-20)16-9-6-10-17(21)11-16;/h3-11,14,18-20,22H,12-13H2,1-2H3;1H/t18-,19-,20-;/m0./s1. The highest BCUT2D eigenvalue weighted by molar-refractivity contribution is 5.85. The second-order valence-corrected chi connectivity index (χ2v) is 6.61. The third-order valence-electron chi connectivity index (χ3n) is 4.54. The maximum absolute atomic E-state index is 13.5. The van der Waals surface area contributed by atoms with Crippen LogP contribution in [0.4, 0.5) is 4.39 Å². The van der Waals surface area contributed by atoms with E-state index in [1.165, 1.54) is 11.6 Å². The zero-order valence-corrected chi connectivity index (χ0v) is 14.9. The van der Waals surface area contributed by atoms with Crippen molar-refractivity contribution >= 4 is 12.4 Å². The molecule has 0 radical (unpaired) electrons. The van der Waals surface area contributed by atoms with Gasteiger partial charge in [0.25, 0.3) is 0 Å². The molecule has 1 aliphatic rings. The van der Waals surface area contributed by atoms with E-state index in [4.69, 9.17) is 4.74 Å². The van der Waals surface area contributed by atoms with Gasteiger partial charge in [-0.05, 0) is 35.6 Å². The van der Waals surface area contributed by atoms with Crippen LogP contribution in [0.3, 0.4) is 0 Å². The van der Waals surface area contributed by atoms with Gasteiger partial charge in [0.15, 0.2) is 0 Å². The van der Waals surface area contributed by atoms with E-state index in [9.17, 15) is 4.39 Å². The molecule has 3 atom stereocenters. The van der Waals surface area contributed by atoms with Crippen LogP contribution < -0.4 is 5.32 Å². The van der Waals surface area contributed by atoms with Crippen LogP contribution >= 0.6 is 12.4 Å². The number of nitrogens with one attached hydrogen (secondary N) is 1. The minimum absolute atomic E-state index is 0. The molecule has 0 aromatic heterocycles. The Morgan fingerprint density at radius 3 is 2.54 bits per heavy atom. The fourth-order valence-corrected chi connectivity index (χ4v) is 3.31. The molecule has 2 nitrogen and oxygen atoms in total. The smallest absolute Gasteiger partial charge is 0.123 e. The van der Waals surface area contributed by atoms with Gasteiger partial charge in [-0.1, -0.05) is 56.3 Å². The van der Waals surface area contributed by atoms with Crippen molar-refractivity contribution < 1.29 is 9.13 Å². The van der Waals surface area contributed by atoms with Gasteiger partial charge in [0, 0.05) is 12.1 Å². The summed E-state index contributed by atoms with van der Waals surface area (Å²) in [6, 6.07) is 17.5. The van der Waals surface area contributed by atoms with Crippen molar-refractivity contribution in [2.45, 2.75) is 45.1 Å². The molecule has 0 amide bonds. The molecule has 0 unspecified atom stereocenters. The molecule has 24 heavy (non-hydrogen) atoms. The first-order chi connectivity index (χ1) is 11.1. The topological polar surface area (TPSA) is 21.3 Å². The molecule has 2 aromatic rings. The Bertz CT molecular complexity index is 635. The molecule has 1 fully saturated rings. The Kier molecular flexibility index (Phi) is 6.79. The Labute approximate surface area is 149 Å². The Morgan fingerprint density at radius 1 is 1.12 bits per heavy atom. The van der Waals surface area contributed by atoms with E-state index in [0.717, 1.165) is 12.0 Å². The lowest BCUT2D eigenvalue weighted by Crippen LogP contribution is -2.37. The zero-order valence-electron chi connectivity index (χ0n) is 14.1. The van der Waals surface area contributed by atoms with Crippen LogP contribution in [-0.4, -0.2) is 12.1 Å². The summed E-state index contributed by atoms with van der Waals surface area (Å²) in [5.41, 5.74) is 2.19. The first-order valence-corrected chi connectivity index (χ1v) is 8.30. The highest BCUT2D eigenvalue weighted by Crippen LogP contribution is 2.32. The molecule has 0 bridgehead atoms. The van der Waals surface area contributed by atoms with E-state index in [1.807, 2.05) is 24.3 Å². The fraction of sp³-hybridized carbons (Fsp3) is 0.400. The summed E-state index contributed by atoms with van der Waals surface area (Å²) in [7, 11) is 0. The van der Waals surface area contributed by atoms with Crippen molar-refractivity contribution in [1.82, 2.24) is 5.32 Å². The molecule has 0 spiro atoms. The lowest BCUT2D eigenvalue weighted by atomic mass is 9.99. The molecule has 1 saturated heterocycles. The van der Waals surface area contributed by atoms with Crippen molar-refractivity contribution in [1.29, 1.82) is 0 Å². The predicted molar refractivity (Wildman–Crippen MR) is 97.8 cm³/mol. The van der Waals surface area contributed by atoms with Crippen LogP contribution in [0.5, 0.6) is 0 Å². The van der Waals surface area contributed by atoms with Crippen LogP contribution in [0.25, 0.3) is 0 Å². The minimum atomic E-state index is -0.181. The van der Waals surface area contributed by atoms with Gasteiger partial charge >= 0.3 is 0 Å². The van der Waals surface area contributed by atoms with Crippen molar-refractivity contribution in [2.24, 2.45) is 5.92 Å². The van der Waals surface area contributed by atoms with Gasteiger partial charge in [0.05, 0.1) is 12.7 Å². The summed E-state index contributed by atoms with van der Waals surface area (Å²) in [6.07, 6.45) is 1.02.